The number of ether oxygens (including phenoxy) is 1. The van der Waals surface area contributed by atoms with Gasteiger partial charge < -0.3 is 15.8 Å². The van der Waals surface area contributed by atoms with Crippen LogP contribution in [0.1, 0.15) is 32.3 Å². The van der Waals surface area contributed by atoms with Crippen LogP contribution in [-0.2, 0) is 11.3 Å². The Morgan fingerprint density at radius 2 is 2.26 bits per heavy atom. The Kier molecular flexibility index (Phi) is 6.87. The molecule has 0 spiro atoms. The number of carbonyl (C=O) groups excluding carboxylic acids is 1. The van der Waals surface area contributed by atoms with E-state index in [2.05, 4.69) is 28.2 Å². The van der Waals surface area contributed by atoms with Gasteiger partial charge in [-0.3, -0.25) is 4.79 Å². The minimum Gasteiger partial charge on any atom is -0.493 e. The van der Waals surface area contributed by atoms with Crippen LogP contribution in [0.4, 0.5) is 0 Å². The molecule has 0 aromatic heterocycles. The second-order valence-electron chi connectivity index (χ2n) is 4.55. The molecule has 1 aromatic carbocycles. The van der Waals surface area contributed by atoms with Gasteiger partial charge in [0.25, 0.3) is 0 Å². The number of hydrogen-bond donors (Lipinski definition) is 2. The first-order valence-electron chi connectivity index (χ1n) is 6.45. The first-order chi connectivity index (χ1) is 9.02. The number of benzene rings is 1. The van der Waals surface area contributed by atoms with Crippen molar-refractivity contribution in [3.63, 3.8) is 0 Å². The second kappa shape index (κ2) is 8.17. The van der Waals surface area contributed by atoms with Gasteiger partial charge in [0.2, 0.25) is 5.91 Å². The summed E-state index contributed by atoms with van der Waals surface area (Å²) in [6.45, 7) is 5.36. The fourth-order valence-corrected chi connectivity index (χ4v) is 2.11. The summed E-state index contributed by atoms with van der Waals surface area (Å²) < 4.78 is 6.71. The lowest BCUT2D eigenvalue weighted by atomic mass is 10.1. The van der Waals surface area contributed by atoms with Crippen LogP contribution in [0.5, 0.6) is 5.75 Å². The van der Waals surface area contributed by atoms with Gasteiger partial charge in [0.15, 0.2) is 0 Å². The molecule has 0 aliphatic carbocycles. The summed E-state index contributed by atoms with van der Waals surface area (Å²) in [6.07, 6.45) is 1.31. The van der Waals surface area contributed by atoms with Crippen molar-refractivity contribution in [3.8, 4) is 5.75 Å². The Bertz CT molecular complexity index is 424. The standard InChI is InChI=1S/C14H21BrN2O2/c1-3-6-19-13-5-4-12(15)8-11(13)9-17-10(2)7-14(16)18/h4-5,8,10,17H,3,6-7,9H2,1-2H3,(H2,16,18). The highest BCUT2D eigenvalue weighted by Crippen LogP contribution is 2.23. The zero-order chi connectivity index (χ0) is 14.3. The van der Waals surface area contributed by atoms with E-state index in [0.29, 0.717) is 19.6 Å². The van der Waals surface area contributed by atoms with E-state index in [1.165, 1.54) is 0 Å². The SMILES string of the molecule is CCCOc1ccc(Br)cc1CNC(C)CC(N)=O. The van der Waals surface area contributed by atoms with Crippen LogP contribution in [0.15, 0.2) is 22.7 Å². The molecule has 0 bridgehead atoms. The molecule has 0 saturated heterocycles. The van der Waals surface area contributed by atoms with Crippen molar-refractivity contribution >= 4 is 21.8 Å². The van der Waals surface area contributed by atoms with Gasteiger partial charge >= 0.3 is 0 Å². The molecule has 1 unspecified atom stereocenters. The molecular weight excluding hydrogens is 308 g/mol. The molecular formula is C14H21BrN2O2. The molecule has 0 aliphatic heterocycles. The maximum Gasteiger partial charge on any atom is 0.218 e. The summed E-state index contributed by atoms with van der Waals surface area (Å²) in [5.74, 6) is 0.584. The lowest BCUT2D eigenvalue weighted by Gasteiger charge is -2.15. The van der Waals surface area contributed by atoms with Crippen molar-refractivity contribution in [1.82, 2.24) is 5.32 Å². The Balaban J connectivity index is 2.64. The monoisotopic (exact) mass is 328 g/mol. The second-order valence-corrected chi connectivity index (χ2v) is 5.47. The number of nitrogens with one attached hydrogen (secondary N) is 1. The maximum absolute atomic E-state index is 10.8. The predicted molar refractivity (Wildman–Crippen MR) is 80.0 cm³/mol. The van der Waals surface area contributed by atoms with Crippen molar-refractivity contribution < 1.29 is 9.53 Å². The molecule has 1 atom stereocenters. The van der Waals surface area contributed by atoms with Gasteiger partial charge in [-0.15, -0.1) is 0 Å². The van der Waals surface area contributed by atoms with E-state index in [-0.39, 0.29) is 11.9 Å². The highest BCUT2D eigenvalue weighted by atomic mass is 79.9. The summed E-state index contributed by atoms with van der Waals surface area (Å²) in [7, 11) is 0. The zero-order valence-electron chi connectivity index (χ0n) is 11.4. The maximum atomic E-state index is 10.8. The Hall–Kier alpha value is -1.07. The van der Waals surface area contributed by atoms with Gasteiger partial charge in [-0.1, -0.05) is 22.9 Å². The molecule has 0 radical (unpaired) electrons. The third-order valence-electron chi connectivity index (χ3n) is 2.63. The minimum atomic E-state index is -0.295. The number of nitrogens with two attached hydrogens (primary N) is 1. The Labute approximate surface area is 122 Å². The van der Waals surface area contributed by atoms with Gasteiger partial charge in [-0.05, 0) is 31.5 Å². The van der Waals surface area contributed by atoms with Crippen molar-refractivity contribution in [3.05, 3.63) is 28.2 Å². The fraction of sp³-hybridized carbons (Fsp3) is 0.500. The lowest BCUT2D eigenvalue weighted by Crippen LogP contribution is -2.30. The molecule has 0 heterocycles. The average molecular weight is 329 g/mol. The number of amides is 1. The third-order valence-corrected chi connectivity index (χ3v) is 3.13. The highest BCUT2D eigenvalue weighted by Gasteiger charge is 2.08. The first kappa shape index (κ1) is 16.0. The molecule has 0 aliphatic rings. The van der Waals surface area contributed by atoms with Crippen LogP contribution < -0.4 is 15.8 Å². The molecule has 1 rings (SSSR count). The van der Waals surface area contributed by atoms with Gasteiger partial charge in [0.05, 0.1) is 6.61 Å². The van der Waals surface area contributed by atoms with Crippen molar-refractivity contribution in [2.75, 3.05) is 6.61 Å². The van der Waals surface area contributed by atoms with E-state index in [1.54, 1.807) is 0 Å². The largest absolute Gasteiger partial charge is 0.493 e. The molecule has 1 amide bonds. The van der Waals surface area contributed by atoms with Crippen molar-refractivity contribution in [2.45, 2.75) is 39.3 Å². The van der Waals surface area contributed by atoms with Crippen LogP contribution in [0.3, 0.4) is 0 Å². The fourth-order valence-electron chi connectivity index (χ4n) is 1.70. The average Bonchev–Trinajstić information content (AvgIpc) is 2.34. The van der Waals surface area contributed by atoms with Crippen LogP contribution in [0.25, 0.3) is 0 Å². The summed E-state index contributed by atoms with van der Waals surface area (Å²) in [5.41, 5.74) is 6.24. The number of hydrogen-bond acceptors (Lipinski definition) is 3. The Morgan fingerprint density at radius 3 is 2.89 bits per heavy atom. The highest BCUT2D eigenvalue weighted by molar-refractivity contribution is 9.10. The normalized spacial score (nSPS) is 12.2. The molecule has 0 fully saturated rings. The number of carbonyl (C=O) groups is 1. The van der Waals surface area contributed by atoms with Crippen LogP contribution in [0.2, 0.25) is 0 Å². The van der Waals surface area contributed by atoms with E-state index in [4.69, 9.17) is 10.5 Å². The zero-order valence-corrected chi connectivity index (χ0v) is 13.0. The van der Waals surface area contributed by atoms with Crippen molar-refractivity contribution in [1.29, 1.82) is 0 Å². The van der Waals surface area contributed by atoms with Gasteiger partial charge in [-0.2, -0.15) is 0 Å². The van der Waals surface area contributed by atoms with Crippen LogP contribution >= 0.6 is 15.9 Å². The smallest absolute Gasteiger partial charge is 0.218 e. The van der Waals surface area contributed by atoms with E-state index in [9.17, 15) is 4.79 Å². The molecule has 4 nitrogen and oxygen atoms in total. The summed E-state index contributed by atoms with van der Waals surface area (Å²) >= 11 is 3.45. The third kappa shape index (κ3) is 6.07. The van der Waals surface area contributed by atoms with E-state index in [0.717, 1.165) is 22.2 Å². The molecule has 0 saturated carbocycles. The summed E-state index contributed by atoms with van der Waals surface area (Å²) in [4.78, 5) is 10.8. The molecule has 1 aromatic rings. The molecule has 3 N–H and O–H groups in total. The topological polar surface area (TPSA) is 64.3 Å². The van der Waals surface area contributed by atoms with E-state index in [1.807, 2.05) is 25.1 Å². The van der Waals surface area contributed by atoms with Crippen LogP contribution in [-0.4, -0.2) is 18.6 Å². The number of halogens is 1. The van der Waals surface area contributed by atoms with Gasteiger partial charge in [0, 0.05) is 29.0 Å². The quantitative estimate of drug-likeness (QED) is 0.770. The Morgan fingerprint density at radius 1 is 1.53 bits per heavy atom. The molecule has 5 heteroatoms. The predicted octanol–water partition coefficient (Wildman–Crippen LogP) is 2.59. The summed E-state index contributed by atoms with van der Waals surface area (Å²) in [6, 6.07) is 5.99. The van der Waals surface area contributed by atoms with E-state index >= 15 is 0 Å². The number of primary amides is 1. The number of rotatable bonds is 8. The van der Waals surface area contributed by atoms with Gasteiger partial charge in [-0.25, -0.2) is 0 Å². The van der Waals surface area contributed by atoms with Gasteiger partial charge in [0.1, 0.15) is 5.75 Å². The van der Waals surface area contributed by atoms with Crippen molar-refractivity contribution in [2.24, 2.45) is 5.73 Å². The first-order valence-corrected chi connectivity index (χ1v) is 7.25. The lowest BCUT2D eigenvalue weighted by molar-refractivity contribution is -0.118. The van der Waals surface area contributed by atoms with Crippen LogP contribution in [0, 0.1) is 0 Å². The molecule has 106 valence electrons. The molecule has 19 heavy (non-hydrogen) atoms. The summed E-state index contributed by atoms with van der Waals surface area (Å²) in [5, 5.41) is 3.27. The minimum absolute atomic E-state index is 0.0514. The van der Waals surface area contributed by atoms with E-state index < -0.39 is 0 Å².